The van der Waals surface area contributed by atoms with Crippen LogP contribution in [-0.4, -0.2) is 23.3 Å². The first-order valence-electron chi connectivity index (χ1n) is 13.0. The lowest BCUT2D eigenvalue weighted by atomic mass is 10.0. The quantitative estimate of drug-likeness (QED) is 0.206. The Morgan fingerprint density at radius 2 is 1.21 bits per heavy atom. The van der Waals surface area contributed by atoms with Crippen LogP contribution in [0.2, 0.25) is 0 Å². The first-order chi connectivity index (χ1) is 18.7. The highest BCUT2D eigenvalue weighted by atomic mass is 19.1. The number of ether oxygens (including phenoxy) is 4. The third-order valence-corrected chi connectivity index (χ3v) is 6.67. The Labute approximate surface area is 223 Å². The molecule has 0 amide bonds. The summed E-state index contributed by atoms with van der Waals surface area (Å²) in [4.78, 5) is 4.09. The maximum absolute atomic E-state index is 15.4. The Morgan fingerprint density at radius 1 is 0.684 bits per heavy atom. The average Bonchev–Trinajstić information content (AvgIpc) is 3.32. The molecule has 3 aromatic carbocycles. The molecule has 0 spiro atoms. The van der Waals surface area contributed by atoms with Crippen LogP contribution in [0.1, 0.15) is 41.7 Å². The van der Waals surface area contributed by atoms with Gasteiger partial charge in [0.1, 0.15) is 24.9 Å². The molecule has 6 heteroatoms. The fraction of sp³-hybridized carbons (Fsp3) is 0.281. The molecule has 4 aromatic rings. The van der Waals surface area contributed by atoms with Crippen molar-refractivity contribution in [1.82, 2.24) is 4.98 Å². The molecule has 1 saturated heterocycles. The summed E-state index contributed by atoms with van der Waals surface area (Å²) in [6.07, 6.45) is -1.11. The molecule has 1 aliphatic heterocycles. The molecule has 4 atom stereocenters. The van der Waals surface area contributed by atoms with Crippen LogP contribution in [0, 0.1) is 5.95 Å². The Bertz CT molecular complexity index is 1270. The molecule has 1 unspecified atom stereocenters. The van der Waals surface area contributed by atoms with E-state index in [-0.39, 0.29) is 18.1 Å². The third-order valence-electron chi connectivity index (χ3n) is 6.67. The third kappa shape index (κ3) is 6.45. The predicted octanol–water partition coefficient (Wildman–Crippen LogP) is 6.82. The molecule has 1 aromatic heterocycles. The molecule has 38 heavy (non-hydrogen) atoms. The second-order valence-corrected chi connectivity index (χ2v) is 9.33. The van der Waals surface area contributed by atoms with Gasteiger partial charge in [0.2, 0.25) is 11.8 Å². The maximum Gasteiger partial charge on any atom is 0.222 e. The smallest absolute Gasteiger partial charge is 0.222 e. The van der Waals surface area contributed by atoms with Gasteiger partial charge < -0.3 is 18.9 Å². The monoisotopic (exact) mass is 513 g/mol. The lowest BCUT2D eigenvalue weighted by molar-refractivity contribution is -0.0797. The molecule has 2 heterocycles. The minimum Gasteiger partial charge on any atom is -0.473 e. The molecule has 5 rings (SSSR count). The summed E-state index contributed by atoms with van der Waals surface area (Å²) in [5, 5.41) is 0. The number of pyridine rings is 1. The number of benzene rings is 3. The van der Waals surface area contributed by atoms with Gasteiger partial charge in [-0.15, -0.1) is 0 Å². The van der Waals surface area contributed by atoms with Crippen molar-refractivity contribution in [3.63, 3.8) is 0 Å². The summed E-state index contributed by atoms with van der Waals surface area (Å²) >= 11 is 0. The van der Waals surface area contributed by atoms with E-state index < -0.39 is 18.2 Å². The van der Waals surface area contributed by atoms with Crippen LogP contribution in [0.5, 0.6) is 5.88 Å². The Balaban J connectivity index is 1.35. The number of hydrogen-bond donors (Lipinski definition) is 0. The molecule has 0 saturated carbocycles. The fourth-order valence-electron chi connectivity index (χ4n) is 4.68. The summed E-state index contributed by atoms with van der Waals surface area (Å²) in [5.41, 5.74) is 3.40. The van der Waals surface area contributed by atoms with Gasteiger partial charge in [-0.2, -0.15) is 9.37 Å². The fourth-order valence-corrected chi connectivity index (χ4v) is 4.68. The van der Waals surface area contributed by atoms with Crippen molar-refractivity contribution in [2.45, 2.75) is 57.6 Å². The van der Waals surface area contributed by atoms with E-state index in [0.717, 1.165) is 16.7 Å². The van der Waals surface area contributed by atoms with E-state index in [1.807, 2.05) is 97.9 Å². The van der Waals surface area contributed by atoms with Gasteiger partial charge >= 0.3 is 0 Å². The predicted molar refractivity (Wildman–Crippen MR) is 143 cm³/mol. The lowest BCUT2D eigenvalue weighted by Crippen LogP contribution is -2.35. The zero-order valence-corrected chi connectivity index (χ0v) is 21.4. The minimum atomic E-state index is -0.667. The molecule has 5 nitrogen and oxygen atoms in total. The van der Waals surface area contributed by atoms with E-state index in [9.17, 15) is 0 Å². The van der Waals surface area contributed by atoms with E-state index in [2.05, 4.69) is 4.98 Å². The van der Waals surface area contributed by atoms with Crippen molar-refractivity contribution in [2.75, 3.05) is 0 Å². The van der Waals surface area contributed by atoms with Crippen LogP contribution in [0.3, 0.4) is 0 Å². The molecule has 1 fully saturated rings. The van der Waals surface area contributed by atoms with Crippen molar-refractivity contribution < 1.29 is 23.3 Å². The summed E-state index contributed by atoms with van der Waals surface area (Å²) in [7, 11) is 0. The standard InChI is InChI=1S/C32H32FNO4/c1-2-27-30(36-21-24-14-8-4-9-15-24)31(37-22-25-16-10-5-11-17-25)29(38-27)26-18-19-28(34-32(26)33)35-20-23-12-6-3-7-13-23/h3-19,27,29-31H,2,20-22H2,1H3/t27-,29+,30+,31?/m1/s1. The number of nitrogens with zero attached hydrogens (tertiary/aromatic N) is 1. The number of rotatable bonds is 11. The summed E-state index contributed by atoms with van der Waals surface area (Å²) in [6.45, 7) is 3.12. The Hall–Kier alpha value is -3.58. The summed E-state index contributed by atoms with van der Waals surface area (Å²) < 4.78 is 40.3. The van der Waals surface area contributed by atoms with E-state index in [1.165, 1.54) is 0 Å². The van der Waals surface area contributed by atoms with Crippen LogP contribution < -0.4 is 4.74 Å². The van der Waals surface area contributed by atoms with E-state index in [4.69, 9.17) is 18.9 Å². The minimum absolute atomic E-state index is 0.221. The highest BCUT2D eigenvalue weighted by molar-refractivity contribution is 5.25. The average molecular weight is 514 g/mol. The van der Waals surface area contributed by atoms with Gasteiger partial charge in [-0.25, -0.2) is 0 Å². The first kappa shape index (κ1) is 26.0. The zero-order chi connectivity index (χ0) is 26.2. The normalized spacial score (nSPS) is 20.9. The van der Waals surface area contributed by atoms with Crippen LogP contribution in [-0.2, 0) is 34.0 Å². The van der Waals surface area contributed by atoms with Crippen LogP contribution >= 0.6 is 0 Å². The van der Waals surface area contributed by atoms with Crippen LogP contribution in [0.15, 0.2) is 103 Å². The molecule has 0 aliphatic carbocycles. The van der Waals surface area contributed by atoms with Gasteiger partial charge in [-0.05, 0) is 29.2 Å². The molecule has 0 bridgehead atoms. The Morgan fingerprint density at radius 3 is 1.74 bits per heavy atom. The molecule has 196 valence electrons. The van der Waals surface area contributed by atoms with Crippen molar-refractivity contribution in [2.24, 2.45) is 0 Å². The van der Waals surface area contributed by atoms with Crippen molar-refractivity contribution in [3.8, 4) is 5.88 Å². The topological polar surface area (TPSA) is 49.8 Å². The second-order valence-electron chi connectivity index (χ2n) is 9.33. The zero-order valence-electron chi connectivity index (χ0n) is 21.4. The van der Waals surface area contributed by atoms with Crippen molar-refractivity contribution >= 4 is 0 Å². The first-order valence-corrected chi connectivity index (χ1v) is 13.0. The largest absolute Gasteiger partial charge is 0.473 e. The van der Waals surface area contributed by atoms with Crippen molar-refractivity contribution in [1.29, 1.82) is 0 Å². The van der Waals surface area contributed by atoms with Gasteiger partial charge in [-0.1, -0.05) is 97.9 Å². The SMILES string of the molecule is CC[C@H]1O[C@@H](c2ccc(OCc3ccccc3)nc2F)C(OCc2ccccc2)[C@H]1OCc1ccccc1. The highest BCUT2D eigenvalue weighted by Gasteiger charge is 2.47. The Kier molecular flexibility index (Phi) is 8.76. The molecule has 0 radical (unpaired) electrons. The second kappa shape index (κ2) is 12.8. The van der Waals surface area contributed by atoms with Gasteiger partial charge in [0.25, 0.3) is 0 Å². The maximum atomic E-state index is 15.4. The van der Waals surface area contributed by atoms with Gasteiger partial charge in [0, 0.05) is 11.6 Å². The van der Waals surface area contributed by atoms with Crippen LogP contribution in [0.4, 0.5) is 4.39 Å². The summed E-state index contributed by atoms with van der Waals surface area (Å²) in [6, 6.07) is 33.0. The number of aromatic nitrogens is 1. The molecule has 1 aliphatic rings. The van der Waals surface area contributed by atoms with Crippen LogP contribution in [0.25, 0.3) is 0 Å². The van der Waals surface area contributed by atoms with Gasteiger partial charge in [0.05, 0.1) is 19.3 Å². The summed E-state index contributed by atoms with van der Waals surface area (Å²) in [5.74, 6) is -0.411. The van der Waals surface area contributed by atoms with Crippen molar-refractivity contribution in [3.05, 3.63) is 131 Å². The lowest BCUT2D eigenvalue weighted by Gasteiger charge is -2.25. The number of hydrogen-bond acceptors (Lipinski definition) is 5. The molecule has 0 N–H and O–H groups in total. The number of halogens is 1. The van der Waals surface area contributed by atoms with E-state index in [0.29, 0.717) is 31.8 Å². The van der Waals surface area contributed by atoms with E-state index >= 15 is 4.39 Å². The van der Waals surface area contributed by atoms with Gasteiger partial charge in [-0.3, -0.25) is 0 Å². The molecular weight excluding hydrogens is 481 g/mol. The van der Waals surface area contributed by atoms with Gasteiger partial charge in [0.15, 0.2) is 0 Å². The molecular formula is C32H32FNO4. The van der Waals surface area contributed by atoms with E-state index in [1.54, 1.807) is 12.1 Å². The highest BCUT2D eigenvalue weighted by Crippen LogP contribution is 2.40.